The minimum atomic E-state index is -4.50. The van der Waals surface area contributed by atoms with Crippen molar-refractivity contribution in [1.29, 1.82) is 0 Å². The first-order chi connectivity index (χ1) is 7.79. The summed E-state index contributed by atoms with van der Waals surface area (Å²) in [7, 11) is 0. The van der Waals surface area contributed by atoms with Gasteiger partial charge in [-0.1, -0.05) is 0 Å². The number of rotatable bonds is 4. The van der Waals surface area contributed by atoms with Crippen LogP contribution in [-0.2, 0) is 11.3 Å². The molecule has 0 aliphatic rings. The second-order valence-corrected chi connectivity index (χ2v) is 3.14. The van der Waals surface area contributed by atoms with Crippen LogP contribution in [0.4, 0.5) is 19.0 Å². The van der Waals surface area contributed by atoms with Crippen molar-refractivity contribution < 1.29 is 22.9 Å². The second kappa shape index (κ2) is 4.85. The van der Waals surface area contributed by atoms with Crippen molar-refractivity contribution in [3.05, 3.63) is 28.4 Å². The van der Waals surface area contributed by atoms with E-state index in [1.807, 2.05) is 0 Å². The summed E-state index contributed by atoms with van der Waals surface area (Å²) < 4.78 is 36.3. The highest BCUT2D eigenvalue weighted by molar-refractivity contribution is 5.76. The van der Waals surface area contributed by atoms with Gasteiger partial charge in [-0.2, -0.15) is 13.2 Å². The second-order valence-electron chi connectivity index (χ2n) is 3.14. The molecule has 1 aromatic heterocycles. The molecule has 0 saturated heterocycles. The van der Waals surface area contributed by atoms with Gasteiger partial charge in [-0.05, 0) is 11.0 Å². The number of amides is 1. The SMILES string of the molecule is O=C(Cn1cccc1[N+](=O)[O-])NCC(F)(F)F. The average Bonchev–Trinajstić information content (AvgIpc) is 2.62. The molecule has 1 amide bonds. The Bertz CT molecular complexity index is 427. The normalized spacial score (nSPS) is 11.2. The monoisotopic (exact) mass is 251 g/mol. The summed E-state index contributed by atoms with van der Waals surface area (Å²) in [4.78, 5) is 20.8. The summed E-state index contributed by atoms with van der Waals surface area (Å²) in [6.07, 6.45) is -3.26. The molecule has 9 heteroatoms. The highest BCUT2D eigenvalue weighted by Crippen LogP contribution is 2.13. The molecule has 17 heavy (non-hydrogen) atoms. The average molecular weight is 251 g/mol. The lowest BCUT2D eigenvalue weighted by atomic mass is 10.5. The van der Waals surface area contributed by atoms with Crippen LogP contribution in [-0.4, -0.2) is 28.1 Å². The van der Waals surface area contributed by atoms with Crippen molar-refractivity contribution in [1.82, 2.24) is 9.88 Å². The first kappa shape index (κ1) is 13.0. The van der Waals surface area contributed by atoms with E-state index in [2.05, 4.69) is 0 Å². The van der Waals surface area contributed by atoms with Gasteiger partial charge in [0, 0.05) is 6.07 Å². The van der Waals surface area contributed by atoms with Crippen LogP contribution >= 0.6 is 0 Å². The summed E-state index contributed by atoms with van der Waals surface area (Å²) in [5.41, 5.74) is 0. The van der Waals surface area contributed by atoms with Gasteiger partial charge in [0.2, 0.25) is 0 Å². The van der Waals surface area contributed by atoms with Crippen LogP contribution in [0, 0.1) is 10.1 Å². The number of hydrogen-bond acceptors (Lipinski definition) is 3. The molecule has 0 saturated carbocycles. The minimum absolute atomic E-state index is 0.354. The number of carbonyl (C=O) groups is 1. The van der Waals surface area contributed by atoms with E-state index in [0.29, 0.717) is 0 Å². The van der Waals surface area contributed by atoms with Gasteiger partial charge < -0.3 is 15.4 Å². The van der Waals surface area contributed by atoms with Gasteiger partial charge in [0.05, 0.1) is 6.20 Å². The zero-order valence-corrected chi connectivity index (χ0v) is 8.40. The standard InChI is InChI=1S/C8H8F3N3O3/c9-8(10,11)5-12-6(15)4-13-3-1-2-7(13)14(16)17/h1-3H,4-5H2,(H,12,15). The fourth-order valence-corrected chi connectivity index (χ4v) is 1.11. The maximum atomic E-state index is 11.8. The number of nitro groups is 1. The molecule has 0 unspecified atom stereocenters. The molecule has 94 valence electrons. The number of carbonyl (C=O) groups excluding carboxylic acids is 1. The van der Waals surface area contributed by atoms with Crippen LogP contribution in [0.25, 0.3) is 0 Å². The van der Waals surface area contributed by atoms with E-state index >= 15 is 0 Å². The first-order valence-electron chi connectivity index (χ1n) is 4.42. The molecule has 0 fully saturated rings. The quantitative estimate of drug-likeness (QED) is 0.642. The van der Waals surface area contributed by atoms with Crippen molar-refractivity contribution in [3.63, 3.8) is 0 Å². The van der Waals surface area contributed by atoms with Crippen molar-refractivity contribution >= 4 is 11.7 Å². The summed E-state index contributed by atoms with van der Waals surface area (Å²) in [6.45, 7) is -1.99. The third-order valence-electron chi connectivity index (χ3n) is 1.79. The van der Waals surface area contributed by atoms with Gasteiger partial charge in [0.25, 0.3) is 5.91 Å². The lowest BCUT2D eigenvalue weighted by Gasteiger charge is -2.07. The van der Waals surface area contributed by atoms with Crippen LogP contribution in [0.1, 0.15) is 0 Å². The molecular formula is C8H8F3N3O3. The number of halogens is 3. The summed E-state index contributed by atoms with van der Waals surface area (Å²) >= 11 is 0. The zero-order chi connectivity index (χ0) is 13.1. The fourth-order valence-electron chi connectivity index (χ4n) is 1.11. The molecule has 0 bridgehead atoms. The van der Waals surface area contributed by atoms with Gasteiger partial charge in [-0.3, -0.25) is 4.79 Å². The minimum Gasteiger partial charge on any atom is -0.358 e. The molecule has 0 atom stereocenters. The van der Waals surface area contributed by atoms with Crippen molar-refractivity contribution in [3.8, 4) is 0 Å². The van der Waals surface area contributed by atoms with E-state index in [1.165, 1.54) is 12.3 Å². The molecule has 1 rings (SSSR count). The summed E-state index contributed by atoms with van der Waals surface area (Å²) in [5, 5.41) is 12.1. The van der Waals surface area contributed by atoms with E-state index < -0.39 is 30.1 Å². The van der Waals surface area contributed by atoms with Crippen LogP contribution < -0.4 is 5.32 Å². The molecule has 0 aliphatic heterocycles. The molecule has 0 aliphatic carbocycles. The predicted molar refractivity (Wildman–Crippen MR) is 50.2 cm³/mol. The van der Waals surface area contributed by atoms with Crippen molar-refractivity contribution in [2.24, 2.45) is 0 Å². The maximum absolute atomic E-state index is 11.8. The first-order valence-corrected chi connectivity index (χ1v) is 4.42. The molecular weight excluding hydrogens is 243 g/mol. The molecule has 0 radical (unpaired) electrons. The van der Waals surface area contributed by atoms with E-state index in [1.54, 1.807) is 5.32 Å². The number of hydrogen-bond donors (Lipinski definition) is 1. The van der Waals surface area contributed by atoms with Crippen LogP contribution in [0.2, 0.25) is 0 Å². The van der Waals surface area contributed by atoms with Crippen LogP contribution in [0.5, 0.6) is 0 Å². The topological polar surface area (TPSA) is 77.2 Å². The van der Waals surface area contributed by atoms with Crippen molar-refractivity contribution in [2.45, 2.75) is 12.7 Å². The predicted octanol–water partition coefficient (Wildman–Crippen LogP) is 1.07. The molecule has 0 spiro atoms. The third-order valence-corrected chi connectivity index (χ3v) is 1.79. The van der Waals surface area contributed by atoms with Gasteiger partial charge in [-0.25, -0.2) is 4.57 Å². The molecule has 0 aromatic carbocycles. The highest BCUT2D eigenvalue weighted by Gasteiger charge is 2.28. The largest absolute Gasteiger partial charge is 0.405 e. The van der Waals surface area contributed by atoms with Gasteiger partial charge >= 0.3 is 12.0 Å². The Hall–Kier alpha value is -2.06. The van der Waals surface area contributed by atoms with E-state index in [-0.39, 0.29) is 5.82 Å². The number of nitrogens with one attached hydrogen (secondary N) is 1. The molecule has 1 heterocycles. The van der Waals surface area contributed by atoms with Gasteiger partial charge in [-0.15, -0.1) is 0 Å². The van der Waals surface area contributed by atoms with Gasteiger partial charge in [0.1, 0.15) is 6.54 Å². The molecule has 1 aromatic rings. The Morgan fingerprint density at radius 1 is 1.53 bits per heavy atom. The Morgan fingerprint density at radius 2 is 2.18 bits per heavy atom. The Kier molecular flexibility index (Phi) is 3.71. The van der Waals surface area contributed by atoms with Crippen molar-refractivity contribution in [2.75, 3.05) is 6.54 Å². The molecule has 6 nitrogen and oxygen atoms in total. The smallest absolute Gasteiger partial charge is 0.358 e. The van der Waals surface area contributed by atoms with E-state index in [0.717, 1.165) is 10.6 Å². The summed E-state index contributed by atoms with van der Waals surface area (Å²) in [5.74, 6) is -1.30. The Balaban J connectivity index is 2.57. The number of alkyl halides is 3. The fraction of sp³-hybridized carbons (Fsp3) is 0.375. The zero-order valence-electron chi connectivity index (χ0n) is 8.40. The third kappa shape index (κ3) is 4.13. The maximum Gasteiger partial charge on any atom is 0.405 e. The number of nitrogens with zero attached hydrogens (tertiary/aromatic N) is 2. The Labute approximate surface area is 93.2 Å². The summed E-state index contributed by atoms with van der Waals surface area (Å²) in [6, 6.07) is 2.48. The molecule has 1 N–H and O–H groups in total. The van der Waals surface area contributed by atoms with E-state index in [9.17, 15) is 28.1 Å². The van der Waals surface area contributed by atoms with E-state index in [4.69, 9.17) is 0 Å². The Morgan fingerprint density at radius 3 is 2.71 bits per heavy atom. The lowest BCUT2D eigenvalue weighted by molar-refractivity contribution is -0.391. The highest BCUT2D eigenvalue weighted by atomic mass is 19.4. The van der Waals surface area contributed by atoms with Crippen LogP contribution in [0.3, 0.4) is 0 Å². The number of aromatic nitrogens is 1. The van der Waals surface area contributed by atoms with Crippen LogP contribution in [0.15, 0.2) is 18.3 Å². The van der Waals surface area contributed by atoms with Gasteiger partial charge in [0.15, 0.2) is 6.54 Å². The lowest BCUT2D eigenvalue weighted by Crippen LogP contribution is -2.35.